The third-order valence-electron chi connectivity index (χ3n) is 2.51. The lowest BCUT2D eigenvalue weighted by Crippen LogP contribution is -2.05. The number of nitriles is 1. The van der Waals surface area contributed by atoms with Crippen LogP contribution in [-0.2, 0) is 6.54 Å². The number of carboxylic acids is 1. The number of nitrogens with one attached hydrogen (secondary N) is 1. The van der Waals surface area contributed by atoms with Gasteiger partial charge in [0.25, 0.3) is 0 Å². The van der Waals surface area contributed by atoms with Crippen LogP contribution in [0, 0.1) is 11.3 Å². The molecule has 0 aliphatic carbocycles. The predicted molar refractivity (Wildman–Crippen MR) is 77.5 cm³/mol. The van der Waals surface area contributed by atoms with Crippen molar-refractivity contribution in [2.45, 2.75) is 6.54 Å². The summed E-state index contributed by atoms with van der Waals surface area (Å²) in [6.07, 6.45) is 0. The fourth-order valence-electron chi connectivity index (χ4n) is 1.61. The van der Waals surface area contributed by atoms with E-state index in [4.69, 9.17) is 10.4 Å². The van der Waals surface area contributed by atoms with Gasteiger partial charge in [-0.2, -0.15) is 5.26 Å². The first kappa shape index (κ1) is 13.6. The van der Waals surface area contributed by atoms with Crippen LogP contribution in [0.5, 0.6) is 0 Å². The summed E-state index contributed by atoms with van der Waals surface area (Å²) >= 11 is 4.53. The molecule has 0 saturated carbocycles. The number of benzene rings is 1. The Hall–Kier alpha value is -1.84. The Labute approximate surface area is 122 Å². The number of hydrogen-bond acceptors (Lipinski definition) is 4. The number of halogens is 1. The summed E-state index contributed by atoms with van der Waals surface area (Å²) in [4.78, 5) is 11.3. The molecule has 0 spiro atoms. The van der Waals surface area contributed by atoms with Gasteiger partial charge >= 0.3 is 5.97 Å². The van der Waals surface area contributed by atoms with Gasteiger partial charge in [-0.3, -0.25) is 0 Å². The lowest BCUT2D eigenvalue weighted by Gasteiger charge is -2.08. The van der Waals surface area contributed by atoms with E-state index >= 15 is 0 Å². The smallest absolute Gasteiger partial charge is 0.346 e. The second-order valence-electron chi connectivity index (χ2n) is 3.74. The fraction of sp³-hybridized carbons (Fsp3) is 0.0769. The van der Waals surface area contributed by atoms with E-state index in [1.165, 1.54) is 11.3 Å². The van der Waals surface area contributed by atoms with Crippen molar-refractivity contribution in [3.63, 3.8) is 0 Å². The Morgan fingerprint density at radius 3 is 2.95 bits per heavy atom. The van der Waals surface area contributed by atoms with Crippen LogP contribution in [0.2, 0.25) is 0 Å². The highest BCUT2D eigenvalue weighted by atomic mass is 79.9. The number of rotatable bonds is 4. The van der Waals surface area contributed by atoms with E-state index < -0.39 is 5.97 Å². The van der Waals surface area contributed by atoms with Gasteiger partial charge in [0.1, 0.15) is 10.9 Å². The van der Waals surface area contributed by atoms with E-state index in [1.54, 1.807) is 29.6 Å². The van der Waals surface area contributed by atoms with Crippen LogP contribution >= 0.6 is 27.3 Å². The average Bonchev–Trinajstić information content (AvgIpc) is 2.85. The van der Waals surface area contributed by atoms with E-state index in [-0.39, 0.29) is 0 Å². The largest absolute Gasteiger partial charge is 0.477 e. The maximum absolute atomic E-state index is 11.0. The molecule has 1 heterocycles. The van der Waals surface area contributed by atoms with E-state index in [0.717, 1.165) is 4.47 Å². The molecular formula is C13H9BrN2O2S. The van der Waals surface area contributed by atoms with Crippen molar-refractivity contribution in [2.75, 3.05) is 5.32 Å². The fourth-order valence-corrected chi connectivity index (χ4v) is 2.74. The Balaban J connectivity index is 2.19. The molecule has 0 saturated heterocycles. The summed E-state index contributed by atoms with van der Waals surface area (Å²) in [5, 5.41) is 22.9. The monoisotopic (exact) mass is 336 g/mol. The minimum Gasteiger partial charge on any atom is -0.477 e. The molecule has 0 unspecified atom stereocenters. The van der Waals surface area contributed by atoms with Crippen molar-refractivity contribution >= 4 is 38.9 Å². The third kappa shape index (κ3) is 3.13. The topological polar surface area (TPSA) is 73.1 Å². The Kier molecular flexibility index (Phi) is 4.20. The van der Waals surface area contributed by atoms with Gasteiger partial charge < -0.3 is 10.4 Å². The highest BCUT2D eigenvalue weighted by Crippen LogP contribution is 2.23. The molecule has 19 heavy (non-hydrogen) atoms. The molecule has 6 heteroatoms. The summed E-state index contributed by atoms with van der Waals surface area (Å²) in [5.74, 6) is -0.929. The van der Waals surface area contributed by atoms with Gasteiger partial charge in [0.15, 0.2) is 0 Å². The predicted octanol–water partition coefficient (Wildman–Crippen LogP) is 3.69. The average molecular weight is 337 g/mol. The first-order valence-electron chi connectivity index (χ1n) is 5.35. The first-order chi connectivity index (χ1) is 9.11. The van der Waals surface area contributed by atoms with Gasteiger partial charge in [0, 0.05) is 11.0 Å². The first-order valence-corrected chi connectivity index (χ1v) is 7.02. The van der Waals surface area contributed by atoms with E-state index in [2.05, 4.69) is 27.3 Å². The normalized spacial score (nSPS) is 9.89. The van der Waals surface area contributed by atoms with E-state index in [9.17, 15) is 4.79 Å². The van der Waals surface area contributed by atoms with Gasteiger partial charge in [-0.05, 0) is 35.2 Å². The zero-order valence-corrected chi connectivity index (χ0v) is 12.1. The van der Waals surface area contributed by atoms with Gasteiger partial charge in [-0.15, -0.1) is 11.3 Å². The van der Waals surface area contributed by atoms with E-state index in [1.807, 2.05) is 0 Å². The van der Waals surface area contributed by atoms with Crippen molar-refractivity contribution in [2.24, 2.45) is 0 Å². The van der Waals surface area contributed by atoms with Gasteiger partial charge in [-0.1, -0.05) is 15.9 Å². The van der Waals surface area contributed by atoms with Gasteiger partial charge in [0.05, 0.1) is 11.3 Å². The number of thiophene rings is 1. The number of carboxylic acid groups (broad SMARTS) is 1. The van der Waals surface area contributed by atoms with Gasteiger partial charge in [-0.25, -0.2) is 4.79 Å². The number of aromatic carboxylic acids is 1. The van der Waals surface area contributed by atoms with Crippen LogP contribution in [0.4, 0.5) is 5.69 Å². The molecule has 2 aromatic rings. The molecule has 0 amide bonds. The number of carbonyl (C=O) groups is 1. The number of nitrogens with zero attached hydrogens (tertiary/aromatic N) is 1. The zero-order chi connectivity index (χ0) is 13.8. The molecule has 2 rings (SSSR count). The molecule has 0 atom stereocenters. The Bertz CT molecular complexity index is 661. The molecular weight excluding hydrogens is 328 g/mol. The zero-order valence-electron chi connectivity index (χ0n) is 9.68. The lowest BCUT2D eigenvalue weighted by molar-refractivity contribution is 0.0701. The molecule has 4 nitrogen and oxygen atoms in total. The molecule has 0 radical (unpaired) electrons. The second-order valence-corrected chi connectivity index (χ2v) is 5.57. The Morgan fingerprint density at radius 1 is 1.47 bits per heavy atom. The third-order valence-corrected chi connectivity index (χ3v) is 3.95. The second kappa shape index (κ2) is 5.87. The van der Waals surface area contributed by atoms with Crippen LogP contribution in [0.3, 0.4) is 0 Å². The lowest BCUT2D eigenvalue weighted by atomic mass is 10.2. The SMILES string of the molecule is N#Cc1ccc(Br)cc1NCc1ccsc1C(=O)O. The molecule has 0 aliphatic heterocycles. The quantitative estimate of drug-likeness (QED) is 0.892. The van der Waals surface area contributed by atoms with Crippen molar-refractivity contribution < 1.29 is 9.90 Å². The summed E-state index contributed by atoms with van der Waals surface area (Å²) in [6, 6.07) is 9.15. The van der Waals surface area contributed by atoms with Crippen LogP contribution in [0.25, 0.3) is 0 Å². The molecule has 96 valence electrons. The minimum atomic E-state index is -0.929. The van der Waals surface area contributed by atoms with Crippen molar-refractivity contribution in [1.82, 2.24) is 0 Å². The molecule has 0 fully saturated rings. The van der Waals surface area contributed by atoms with E-state index in [0.29, 0.717) is 28.2 Å². The number of hydrogen-bond donors (Lipinski definition) is 2. The van der Waals surface area contributed by atoms with Crippen LogP contribution in [-0.4, -0.2) is 11.1 Å². The molecule has 1 aromatic carbocycles. The number of anilines is 1. The van der Waals surface area contributed by atoms with Crippen LogP contribution in [0.15, 0.2) is 34.1 Å². The maximum atomic E-state index is 11.0. The molecule has 1 aromatic heterocycles. The summed E-state index contributed by atoms with van der Waals surface area (Å²) in [6.45, 7) is 0.371. The van der Waals surface area contributed by atoms with Crippen LogP contribution < -0.4 is 5.32 Å². The minimum absolute atomic E-state index is 0.320. The van der Waals surface area contributed by atoms with Crippen molar-refractivity contribution in [1.29, 1.82) is 5.26 Å². The van der Waals surface area contributed by atoms with Crippen LogP contribution in [0.1, 0.15) is 20.8 Å². The molecule has 0 aliphatic rings. The Morgan fingerprint density at radius 2 is 2.26 bits per heavy atom. The molecule has 2 N–H and O–H groups in total. The standard InChI is InChI=1S/C13H9BrN2O2S/c14-10-2-1-8(6-15)11(5-10)16-7-9-3-4-19-12(9)13(17)18/h1-5,16H,7H2,(H,17,18). The summed E-state index contributed by atoms with van der Waals surface area (Å²) < 4.78 is 0.859. The highest BCUT2D eigenvalue weighted by Gasteiger charge is 2.11. The van der Waals surface area contributed by atoms with Crippen molar-refractivity contribution in [3.05, 3.63) is 50.1 Å². The highest BCUT2D eigenvalue weighted by molar-refractivity contribution is 9.10. The summed E-state index contributed by atoms with van der Waals surface area (Å²) in [5.41, 5.74) is 1.91. The summed E-state index contributed by atoms with van der Waals surface area (Å²) in [7, 11) is 0. The molecule has 0 bridgehead atoms. The maximum Gasteiger partial charge on any atom is 0.346 e. The van der Waals surface area contributed by atoms with Gasteiger partial charge in [0.2, 0.25) is 0 Å². The van der Waals surface area contributed by atoms with Crippen molar-refractivity contribution in [3.8, 4) is 6.07 Å².